The molecule has 0 amide bonds. The van der Waals surface area contributed by atoms with Crippen LogP contribution in [0.3, 0.4) is 0 Å². The van der Waals surface area contributed by atoms with E-state index < -0.39 is 6.10 Å². The number of aliphatic hydroxyl groups excluding tert-OH is 1. The van der Waals surface area contributed by atoms with Crippen LogP contribution >= 0.6 is 11.6 Å². The number of halogens is 1. The number of aliphatic hydroxyl groups is 1. The zero-order valence-electron chi connectivity index (χ0n) is 19.3. The SMILES string of the molecule is Cc1nnc(-c2cc3c(OCC(O)CN4CCC(c5ccc(Cl)c(C)c5)CC4)cccc3o2)o1. The van der Waals surface area contributed by atoms with Gasteiger partial charge < -0.3 is 23.6 Å². The first-order chi connectivity index (χ1) is 16.5. The van der Waals surface area contributed by atoms with Crippen LogP contribution in [0.25, 0.3) is 22.6 Å². The summed E-state index contributed by atoms with van der Waals surface area (Å²) in [5, 5.41) is 20.1. The Bertz CT molecular complexity index is 1280. The maximum atomic E-state index is 10.6. The number of piperidine rings is 1. The third-order valence-electron chi connectivity index (χ3n) is 6.40. The van der Waals surface area contributed by atoms with Gasteiger partial charge in [-0.15, -0.1) is 10.2 Å². The van der Waals surface area contributed by atoms with Crippen LogP contribution in [0.15, 0.2) is 51.3 Å². The number of β-amino-alcohol motifs (C(OH)–C–C–N with tert-alkyl or cyclic N) is 1. The number of aromatic nitrogens is 2. The lowest BCUT2D eigenvalue weighted by molar-refractivity contribution is 0.0599. The van der Waals surface area contributed by atoms with Gasteiger partial charge in [0.15, 0.2) is 5.76 Å². The van der Waals surface area contributed by atoms with E-state index in [1.165, 1.54) is 5.56 Å². The summed E-state index contributed by atoms with van der Waals surface area (Å²) >= 11 is 6.17. The highest BCUT2D eigenvalue weighted by molar-refractivity contribution is 6.31. The van der Waals surface area contributed by atoms with Crippen LogP contribution in [0, 0.1) is 13.8 Å². The van der Waals surface area contributed by atoms with Crippen LogP contribution in [0.2, 0.25) is 5.02 Å². The van der Waals surface area contributed by atoms with Gasteiger partial charge in [-0.25, -0.2) is 0 Å². The molecule has 1 N–H and O–H groups in total. The molecule has 1 unspecified atom stereocenters. The van der Waals surface area contributed by atoms with Gasteiger partial charge in [-0.1, -0.05) is 29.8 Å². The van der Waals surface area contributed by atoms with Crippen LogP contribution in [0.4, 0.5) is 0 Å². The molecule has 2 aromatic heterocycles. The molecule has 0 saturated carbocycles. The average molecular weight is 482 g/mol. The van der Waals surface area contributed by atoms with Crippen LogP contribution in [0.1, 0.15) is 35.8 Å². The molecule has 0 aliphatic carbocycles. The normalized spacial score (nSPS) is 16.2. The maximum absolute atomic E-state index is 10.6. The Morgan fingerprint density at radius 1 is 1.12 bits per heavy atom. The van der Waals surface area contributed by atoms with Gasteiger partial charge >= 0.3 is 0 Å². The number of aryl methyl sites for hydroxylation is 2. The lowest BCUT2D eigenvalue weighted by atomic mass is 9.88. The molecule has 0 radical (unpaired) electrons. The zero-order valence-corrected chi connectivity index (χ0v) is 20.1. The minimum Gasteiger partial charge on any atom is -0.490 e. The number of hydrogen-bond donors (Lipinski definition) is 1. The van der Waals surface area contributed by atoms with Crippen molar-refractivity contribution < 1.29 is 18.7 Å². The molecule has 5 rings (SSSR count). The molecular formula is C26H28ClN3O4. The highest BCUT2D eigenvalue weighted by atomic mass is 35.5. The van der Waals surface area contributed by atoms with E-state index in [4.69, 9.17) is 25.2 Å². The van der Waals surface area contributed by atoms with E-state index in [-0.39, 0.29) is 6.61 Å². The van der Waals surface area contributed by atoms with Crippen LogP contribution < -0.4 is 4.74 Å². The van der Waals surface area contributed by atoms with E-state index in [0.717, 1.165) is 41.9 Å². The standard InChI is InChI=1S/C26H28ClN3O4/c1-16-12-19(6-7-22(16)27)18-8-10-30(11-9-18)14-20(31)15-32-23-4-3-5-24-21(23)13-25(34-24)26-29-28-17(2)33-26/h3-7,12-13,18,20,31H,8-11,14-15H2,1-2H3. The third-order valence-corrected chi connectivity index (χ3v) is 6.82. The minimum atomic E-state index is -0.588. The fourth-order valence-electron chi connectivity index (χ4n) is 4.57. The van der Waals surface area contributed by atoms with E-state index >= 15 is 0 Å². The molecule has 1 saturated heterocycles. The number of furan rings is 1. The lowest BCUT2D eigenvalue weighted by Gasteiger charge is -2.33. The van der Waals surface area contributed by atoms with Gasteiger partial charge in [0.2, 0.25) is 5.89 Å². The molecule has 0 bridgehead atoms. The molecule has 8 heteroatoms. The summed E-state index contributed by atoms with van der Waals surface area (Å²) in [6.45, 7) is 6.47. The van der Waals surface area contributed by atoms with Crippen molar-refractivity contribution in [1.29, 1.82) is 0 Å². The van der Waals surface area contributed by atoms with Crippen LogP contribution in [-0.2, 0) is 0 Å². The monoisotopic (exact) mass is 481 g/mol. The Hall–Kier alpha value is -2.87. The molecule has 1 atom stereocenters. The third kappa shape index (κ3) is 4.97. The number of rotatable bonds is 7. The second-order valence-corrected chi connectivity index (χ2v) is 9.36. The Kier molecular flexibility index (Phi) is 6.59. The second kappa shape index (κ2) is 9.78. The first-order valence-electron chi connectivity index (χ1n) is 11.6. The first-order valence-corrected chi connectivity index (χ1v) is 12.0. The highest BCUT2D eigenvalue weighted by Crippen LogP contribution is 2.33. The molecular weight excluding hydrogens is 454 g/mol. The van der Waals surface area contributed by atoms with Crippen molar-refractivity contribution in [3.8, 4) is 17.4 Å². The Labute approximate surface area is 203 Å². The summed E-state index contributed by atoms with van der Waals surface area (Å²) < 4.78 is 17.3. The van der Waals surface area contributed by atoms with Crippen LogP contribution in [0.5, 0.6) is 5.75 Å². The average Bonchev–Trinajstić information content (AvgIpc) is 3.46. The van der Waals surface area contributed by atoms with Gasteiger partial charge in [0.1, 0.15) is 24.0 Å². The molecule has 1 aliphatic heterocycles. The molecule has 2 aromatic carbocycles. The number of hydrogen-bond acceptors (Lipinski definition) is 7. The largest absolute Gasteiger partial charge is 0.490 e. The van der Waals surface area contributed by atoms with Gasteiger partial charge in [-0.05, 0) is 68.1 Å². The molecule has 1 fully saturated rings. The van der Waals surface area contributed by atoms with Crippen molar-refractivity contribution in [3.63, 3.8) is 0 Å². The fraction of sp³-hybridized carbons (Fsp3) is 0.385. The van der Waals surface area contributed by atoms with Gasteiger partial charge in [0.05, 0.1) is 5.39 Å². The molecule has 1 aliphatic rings. The maximum Gasteiger partial charge on any atom is 0.283 e. The predicted molar refractivity (Wildman–Crippen MR) is 130 cm³/mol. The zero-order chi connectivity index (χ0) is 23.7. The van der Waals surface area contributed by atoms with Crippen molar-refractivity contribution in [2.24, 2.45) is 0 Å². The van der Waals surface area contributed by atoms with E-state index in [2.05, 4.69) is 27.2 Å². The van der Waals surface area contributed by atoms with Gasteiger partial charge in [-0.2, -0.15) is 0 Å². The number of benzene rings is 2. The van der Waals surface area contributed by atoms with Crippen LogP contribution in [-0.4, -0.2) is 52.5 Å². The highest BCUT2D eigenvalue weighted by Gasteiger charge is 2.23. The topological polar surface area (TPSA) is 84.8 Å². The molecule has 178 valence electrons. The predicted octanol–water partition coefficient (Wildman–Crippen LogP) is 5.37. The van der Waals surface area contributed by atoms with Gasteiger partial charge in [0, 0.05) is 24.6 Å². The quantitative estimate of drug-likeness (QED) is 0.379. The van der Waals surface area contributed by atoms with Gasteiger partial charge in [-0.3, -0.25) is 0 Å². The van der Waals surface area contributed by atoms with Crippen molar-refractivity contribution in [2.75, 3.05) is 26.2 Å². The molecule has 4 aromatic rings. The molecule has 3 heterocycles. The van der Waals surface area contributed by atoms with Crippen molar-refractivity contribution in [1.82, 2.24) is 15.1 Å². The summed E-state index contributed by atoms with van der Waals surface area (Å²) in [5.41, 5.74) is 3.15. The summed E-state index contributed by atoms with van der Waals surface area (Å²) in [7, 11) is 0. The summed E-state index contributed by atoms with van der Waals surface area (Å²) in [5.74, 6) is 2.49. The van der Waals surface area contributed by atoms with Crippen molar-refractivity contribution in [3.05, 3.63) is 64.5 Å². The van der Waals surface area contributed by atoms with E-state index in [0.29, 0.717) is 41.3 Å². The lowest BCUT2D eigenvalue weighted by Crippen LogP contribution is -2.40. The van der Waals surface area contributed by atoms with E-state index in [1.807, 2.05) is 37.3 Å². The summed E-state index contributed by atoms with van der Waals surface area (Å²) in [6.07, 6.45) is 1.55. The van der Waals surface area contributed by atoms with Crippen molar-refractivity contribution in [2.45, 2.75) is 38.7 Å². The first kappa shape index (κ1) is 22.9. The number of fused-ring (bicyclic) bond motifs is 1. The van der Waals surface area contributed by atoms with Crippen molar-refractivity contribution >= 4 is 22.6 Å². The summed E-state index contributed by atoms with van der Waals surface area (Å²) in [6, 6.07) is 13.7. The Morgan fingerprint density at radius 2 is 1.94 bits per heavy atom. The molecule has 7 nitrogen and oxygen atoms in total. The fourth-order valence-corrected chi connectivity index (χ4v) is 4.69. The number of nitrogens with zero attached hydrogens (tertiary/aromatic N) is 3. The minimum absolute atomic E-state index is 0.204. The number of ether oxygens (including phenoxy) is 1. The second-order valence-electron chi connectivity index (χ2n) is 8.95. The molecule has 0 spiro atoms. The Balaban J connectivity index is 1.16. The van der Waals surface area contributed by atoms with Gasteiger partial charge in [0.25, 0.3) is 5.89 Å². The van der Waals surface area contributed by atoms with E-state index in [1.54, 1.807) is 6.92 Å². The Morgan fingerprint density at radius 3 is 2.68 bits per heavy atom. The summed E-state index contributed by atoms with van der Waals surface area (Å²) in [4.78, 5) is 2.31. The van der Waals surface area contributed by atoms with E-state index in [9.17, 15) is 5.11 Å². The number of likely N-dealkylation sites (tertiary alicyclic amines) is 1. The molecule has 34 heavy (non-hydrogen) atoms. The smallest absolute Gasteiger partial charge is 0.283 e.